The summed E-state index contributed by atoms with van der Waals surface area (Å²) >= 11 is 7.77. The van der Waals surface area contributed by atoms with Crippen molar-refractivity contribution in [3.05, 3.63) is 101 Å². The molecule has 1 aromatic heterocycles. The highest BCUT2D eigenvalue weighted by atomic mass is 35.5. The van der Waals surface area contributed by atoms with Gasteiger partial charge in [-0.15, -0.1) is 11.8 Å². The second-order valence-electron chi connectivity index (χ2n) is 6.18. The number of hydrogen-bond acceptors (Lipinski definition) is 1. The molecule has 0 N–H and O–H groups in total. The zero-order valence-corrected chi connectivity index (χ0v) is 15.6. The number of fused-ring (bicyclic) bond motifs is 1. The third-order valence-electron chi connectivity index (χ3n) is 4.33. The molecule has 0 aliphatic carbocycles. The molecule has 0 saturated carbocycles. The Morgan fingerprint density at radius 1 is 0.846 bits per heavy atom. The van der Waals surface area contributed by atoms with Crippen LogP contribution in [-0.4, -0.2) is 4.57 Å². The Kier molecular flexibility index (Phi) is 5.00. The molecule has 0 bridgehead atoms. The number of aromatic nitrogens is 1. The van der Waals surface area contributed by atoms with Gasteiger partial charge in [0.2, 0.25) is 0 Å². The zero-order valence-electron chi connectivity index (χ0n) is 14.0. The average Bonchev–Trinajstić information content (AvgIpc) is 3.01. The molecule has 0 spiro atoms. The molecule has 1 nitrogen and oxygen atoms in total. The van der Waals surface area contributed by atoms with Crippen molar-refractivity contribution in [3.63, 3.8) is 0 Å². The van der Waals surface area contributed by atoms with Crippen LogP contribution < -0.4 is 0 Å². The van der Waals surface area contributed by atoms with E-state index in [9.17, 15) is 4.39 Å². The predicted octanol–water partition coefficient (Wildman–Crippen LogP) is 6.77. The molecule has 0 amide bonds. The highest BCUT2D eigenvalue weighted by Crippen LogP contribution is 2.32. The first-order valence-corrected chi connectivity index (χ1v) is 9.75. The predicted molar refractivity (Wildman–Crippen MR) is 108 cm³/mol. The van der Waals surface area contributed by atoms with Crippen LogP contribution in [0.2, 0.25) is 5.02 Å². The molecule has 4 aromatic rings. The van der Waals surface area contributed by atoms with E-state index in [1.165, 1.54) is 33.5 Å². The molecular formula is C22H17ClFNS. The van der Waals surface area contributed by atoms with E-state index in [1.54, 1.807) is 11.8 Å². The standard InChI is InChI=1S/C22H17ClFNS/c23-18-9-5-16(6-10-18)13-25-14-22(20-3-1-2-4-21(20)25)26-15-17-7-11-19(24)12-8-17/h1-12,14H,13,15H2. The molecule has 3 aromatic carbocycles. The number of rotatable bonds is 5. The van der Waals surface area contributed by atoms with Gasteiger partial charge in [0.05, 0.1) is 0 Å². The first kappa shape index (κ1) is 17.2. The number of nitrogens with zero attached hydrogens (tertiary/aromatic N) is 1. The molecule has 130 valence electrons. The Labute approximate surface area is 161 Å². The molecule has 0 aliphatic rings. The lowest BCUT2D eigenvalue weighted by molar-refractivity contribution is 0.627. The fraction of sp³-hybridized carbons (Fsp3) is 0.0909. The fourth-order valence-corrected chi connectivity index (χ4v) is 4.16. The molecule has 0 saturated heterocycles. The third-order valence-corrected chi connectivity index (χ3v) is 5.69. The van der Waals surface area contributed by atoms with Crippen molar-refractivity contribution < 1.29 is 4.39 Å². The van der Waals surface area contributed by atoms with E-state index in [0.717, 1.165) is 22.9 Å². The van der Waals surface area contributed by atoms with Crippen molar-refractivity contribution >= 4 is 34.3 Å². The number of para-hydroxylation sites is 1. The summed E-state index contributed by atoms with van der Waals surface area (Å²) in [6.45, 7) is 0.800. The van der Waals surface area contributed by atoms with Crippen molar-refractivity contribution in [3.8, 4) is 0 Å². The van der Waals surface area contributed by atoms with Gasteiger partial charge in [0.25, 0.3) is 0 Å². The van der Waals surface area contributed by atoms with E-state index in [2.05, 4.69) is 47.2 Å². The molecule has 4 rings (SSSR count). The Morgan fingerprint density at radius 2 is 1.54 bits per heavy atom. The smallest absolute Gasteiger partial charge is 0.123 e. The van der Waals surface area contributed by atoms with Crippen LogP contribution >= 0.6 is 23.4 Å². The molecule has 4 heteroatoms. The Hall–Kier alpha value is -2.23. The minimum Gasteiger partial charge on any atom is -0.342 e. The van der Waals surface area contributed by atoms with Gasteiger partial charge in [0.15, 0.2) is 0 Å². The second-order valence-corrected chi connectivity index (χ2v) is 7.63. The summed E-state index contributed by atoms with van der Waals surface area (Å²) in [6.07, 6.45) is 2.20. The van der Waals surface area contributed by atoms with Crippen LogP contribution in [0.4, 0.5) is 4.39 Å². The topological polar surface area (TPSA) is 4.93 Å². The number of hydrogen-bond donors (Lipinski definition) is 0. The van der Waals surface area contributed by atoms with Gasteiger partial charge in [-0.2, -0.15) is 0 Å². The van der Waals surface area contributed by atoms with E-state index in [4.69, 9.17) is 11.6 Å². The van der Waals surface area contributed by atoms with Crippen molar-refractivity contribution in [2.75, 3.05) is 0 Å². The van der Waals surface area contributed by atoms with E-state index in [0.29, 0.717) is 0 Å². The Bertz CT molecular complexity index is 1020. The maximum atomic E-state index is 13.1. The van der Waals surface area contributed by atoms with Crippen molar-refractivity contribution in [2.24, 2.45) is 0 Å². The maximum Gasteiger partial charge on any atom is 0.123 e. The van der Waals surface area contributed by atoms with Crippen LogP contribution in [0.15, 0.2) is 83.9 Å². The van der Waals surface area contributed by atoms with Crippen LogP contribution in [-0.2, 0) is 12.3 Å². The van der Waals surface area contributed by atoms with E-state index in [1.807, 2.05) is 24.3 Å². The van der Waals surface area contributed by atoms with Crippen LogP contribution in [0, 0.1) is 5.82 Å². The Balaban J connectivity index is 1.60. The lowest BCUT2D eigenvalue weighted by Gasteiger charge is -2.05. The minimum absolute atomic E-state index is 0.196. The van der Waals surface area contributed by atoms with Crippen LogP contribution in [0.25, 0.3) is 10.9 Å². The van der Waals surface area contributed by atoms with Crippen molar-refractivity contribution in [2.45, 2.75) is 17.2 Å². The highest BCUT2D eigenvalue weighted by molar-refractivity contribution is 7.98. The first-order valence-electron chi connectivity index (χ1n) is 8.38. The van der Waals surface area contributed by atoms with Crippen LogP contribution in [0.3, 0.4) is 0 Å². The van der Waals surface area contributed by atoms with Crippen LogP contribution in [0.1, 0.15) is 11.1 Å². The van der Waals surface area contributed by atoms with Crippen molar-refractivity contribution in [1.29, 1.82) is 0 Å². The molecule has 0 fully saturated rings. The van der Waals surface area contributed by atoms with Gasteiger partial charge < -0.3 is 4.57 Å². The fourth-order valence-electron chi connectivity index (χ4n) is 2.99. The first-order chi connectivity index (χ1) is 12.7. The average molecular weight is 382 g/mol. The maximum absolute atomic E-state index is 13.1. The second kappa shape index (κ2) is 7.56. The van der Waals surface area contributed by atoms with Gasteiger partial charge in [-0.25, -0.2) is 4.39 Å². The molecule has 26 heavy (non-hydrogen) atoms. The normalized spacial score (nSPS) is 11.2. The number of benzene rings is 3. The SMILES string of the molecule is Fc1ccc(CSc2cn(Cc3ccc(Cl)cc3)c3ccccc23)cc1. The summed E-state index contributed by atoms with van der Waals surface area (Å²) in [5, 5.41) is 2.00. The lowest BCUT2D eigenvalue weighted by atomic mass is 10.2. The molecule has 0 radical (unpaired) electrons. The third kappa shape index (κ3) is 3.79. The number of halogens is 2. The van der Waals surface area contributed by atoms with E-state index in [-0.39, 0.29) is 5.82 Å². The van der Waals surface area contributed by atoms with Gasteiger partial charge in [-0.1, -0.05) is 54.1 Å². The summed E-state index contributed by atoms with van der Waals surface area (Å²) in [7, 11) is 0. The summed E-state index contributed by atoms with van der Waals surface area (Å²) in [6, 6.07) is 23.1. The minimum atomic E-state index is -0.196. The molecule has 0 atom stereocenters. The van der Waals surface area contributed by atoms with Gasteiger partial charge in [0, 0.05) is 39.3 Å². The Morgan fingerprint density at radius 3 is 2.31 bits per heavy atom. The van der Waals surface area contributed by atoms with Crippen molar-refractivity contribution in [1.82, 2.24) is 4.57 Å². The molecular weight excluding hydrogens is 365 g/mol. The van der Waals surface area contributed by atoms with Gasteiger partial charge in [-0.05, 0) is 41.5 Å². The summed E-state index contributed by atoms with van der Waals surface area (Å²) in [5.41, 5.74) is 3.54. The van der Waals surface area contributed by atoms with Crippen LogP contribution in [0.5, 0.6) is 0 Å². The monoisotopic (exact) mass is 381 g/mol. The van der Waals surface area contributed by atoms with Gasteiger partial charge in [0.1, 0.15) is 5.82 Å². The summed E-state index contributed by atoms with van der Waals surface area (Å²) in [4.78, 5) is 1.24. The lowest BCUT2D eigenvalue weighted by Crippen LogP contribution is -1.97. The highest BCUT2D eigenvalue weighted by Gasteiger charge is 2.09. The molecule has 0 aliphatic heterocycles. The summed E-state index contributed by atoms with van der Waals surface area (Å²) in [5.74, 6) is 0.619. The summed E-state index contributed by atoms with van der Waals surface area (Å²) < 4.78 is 15.3. The zero-order chi connectivity index (χ0) is 17.9. The van der Waals surface area contributed by atoms with E-state index >= 15 is 0 Å². The van der Waals surface area contributed by atoms with Gasteiger partial charge >= 0.3 is 0 Å². The largest absolute Gasteiger partial charge is 0.342 e. The number of thioether (sulfide) groups is 1. The molecule has 0 unspecified atom stereocenters. The van der Waals surface area contributed by atoms with Gasteiger partial charge in [-0.3, -0.25) is 0 Å². The van der Waals surface area contributed by atoms with E-state index < -0.39 is 0 Å². The molecule has 1 heterocycles. The quantitative estimate of drug-likeness (QED) is 0.345.